The minimum absolute atomic E-state index is 0.0757. The molecule has 0 spiro atoms. The van der Waals surface area contributed by atoms with Gasteiger partial charge >= 0.3 is 0 Å². The summed E-state index contributed by atoms with van der Waals surface area (Å²) in [4.78, 5) is 4.80. The second kappa shape index (κ2) is 6.86. The number of oxime groups is 1. The van der Waals surface area contributed by atoms with Gasteiger partial charge in [-0.1, -0.05) is 41.1 Å². The maximum absolute atomic E-state index is 8.73. The number of hydrogen-bond acceptors (Lipinski definition) is 3. The molecule has 3 heteroatoms. The summed E-state index contributed by atoms with van der Waals surface area (Å²) in [7, 11) is 1.54. The van der Waals surface area contributed by atoms with E-state index in [0.717, 1.165) is 17.7 Å². The van der Waals surface area contributed by atoms with E-state index in [1.807, 2.05) is 13.0 Å². The molecular formula is C14H19NO2. The highest BCUT2D eigenvalue weighted by molar-refractivity contribution is 5.99. The number of hydrogen-bond donors (Lipinski definition) is 1. The van der Waals surface area contributed by atoms with Crippen LogP contribution >= 0.6 is 0 Å². The first kappa shape index (κ1) is 13.5. The smallest absolute Gasteiger partial charge is 0.106 e. The van der Waals surface area contributed by atoms with Gasteiger partial charge in [0.15, 0.2) is 0 Å². The van der Waals surface area contributed by atoms with Gasteiger partial charge in [-0.25, -0.2) is 0 Å². The lowest BCUT2D eigenvalue weighted by molar-refractivity contribution is 0.213. The molecular weight excluding hydrogens is 214 g/mol. The van der Waals surface area contributed by atoms with Crippen molar-refractivity contribution >= 4 is 5.71 Å². The zero-order valence-corrected chi connectivity index (χ0v) is 10.6. The zero-order valence-electron chi connectivity index (χ0n) is 10.6. The Labute approximate surface area is 102 Å². The molecule has 0 radical (unpaired) electrons. The standard InChI is InChI=1S/C14H19NO2/c1-11-7-8-14(12(2)15-17-3)13(10-11)6-4-5-9-16/h4-5,7-8,10,16H,6,9H2,1-3H3/b5-4+,15-12+. The summed E-state index contributed by atoms with van der Waals surface area (Å²) in [5.41, 5.74) is 4.35. The summed E-state index contributed by atoms with van der Waals surface area (Å²) in [6, 6.07) is 6.24. The Morgan fingerprint density at radius 2 is 2.18 bits per heavy atom. The molecule has 0 bridgehead atoms. The quantitative estimate of drug-likeness (QED) is 0.482. The van der Waals surface area contributed by atoms with Crippen LogP contribution in [0.25, 0.3) is 0 Å². The summed E-state index contributed by atoms with van der Waals surface area (Å²) < 4.78 is 0. The largest absolute Gasteiger partial charge is 0.399 e. The van der Waals surface area contributed by atoms with Gasteiger partial charge in [-0.15, -0.1) is 0 Å². The third-order valence-electron chi connectivity index (χ3n) is 2.49. The minimum atomic E-state index is 0.0757. The maximum Gasteiger partial charge on any atom is 0.106 e. The van der Waals surface area contributed by atoms with Crippen molar-refractivity contribution in [2.45, 2.75) is 20.3 Å². The van der Waals surface area contributed by atoms with E-state index in [0.29, 0.717) is 0 Å². The van der Waals surface area contributed by atoms with Gasteiger partial charge in [-0.2, -0.15) is 0 Å². The fraction of sp³-hybridized carbons (Fsp3) is 0.357. The van der Waals surface area contributed by atoms with Gasteiger partial charge in [0, 0.05) is 5.56 Å². The Hall–Kier alpha value is -1.61. The summed E-state index contributed by atoms with van der Waals surface area (Å²) in [6.07, 6.45) is 4.49. The van der Waals surface area contributed by atoms with Crippen molar-refractivity contribution < 1.29 is 9.94 Å². The Morgan fingerprint density at radius 1 is 1.41 bits per heavy atom. The molecule has 0 aromatic heterocycles. The van der Waals surface area contributed by atoms with Crippen LogP contribution in [0.5, 0.6) is 0 Å². The second-order valence-corrected chi connectivity index (χ2v) is 3.88. The molecule has 1 aromatic carbocycles. The Bertz CT molecular complexity index is 422. The summed E-state index contributed by atoms with van der Waals surface area (Å²) in [5, 5.41) is 12.7. The van der Waals surface area contributed by atoms with Gasteiger partial charge in [0.2, 0.25) is 0 Å². The van der Waals surface area contributed by atoms with Crippen molar-refractivity contribution in [3.05, 3.63) is 47.0 Å². The maximum atomic E-state index is 8.73. The first-order chi connectivity index (χ1) is 8.19. The van der Waals surface area contributed by atoms with E-state index in [9.17, 15) is 0 Å². The minimum Gasteiger partial charge on any atom is -0.399 e. The molecule has 0 amide bonds. The average Bonchev–Trinajstić information content (AvgIpc) is 2.30. The van der Waals surface area contributed by atoms with Crippen molar-refractivity contribution in [1.29, 1.82) is 0 Å². The van der Waals surface area contributed by atoms with Crippen molar-refractivity contribution in [3.8, 4) is 0 Å². The van der Waals surface area contributed by atoms with E-state index in [4.69, 9.17) is 9.94 Å². The molecule has 0 heterocycles. The normalized spacial score (nSPS) is 12.1. The third kappa shape index (κ3) is 4.04. The van der Waals surface area contributed by atoms with Crippen LogP contribution in [0.3, 0.4) is 0 Å². The number of allylic oxidation sites excluding steroid dienone is 1. The molecule has 3 nitrogen and oxygen atoms in total. The van der Waals surface area contributed by atoms with Crippen molar-refractivity contribution in [3.63, 3.8) is 0 Å². The summed E-state index contributed by atoms with van der Waals surface area (Å²) in [5.74, 6) is 0. The first-order valence-electron chi connectivity index (χ1n) is 5.62. The van der Waals surface area contributed by atoms with Crippen LogP contribution in [0.1, 0.15) is 23.6 Å². The molecule has 0 atom stereocenters. The topological polar surface area (TPSA) is 41.8 Å². The van der Waals surface area contributed by atoms with Crippen LogP contribution in [0.4, 0.5) is 0 Å². The lowest BCUT2D eigenvalue weighted by Gasteiger charge is -2.08. The monoisotopic (exact) mass is 233 g/mol. The number of benzene rings is 1. The van der Waals surface area contributed by atoms with E-state index in [-0.39, 0.29) is 6.61 Å². The molecule has 0 unspecified atom stereocenters. The van der Waals surface area contributed by atoms with E-state index in [1.54, 1.807) is 13.2 Å². The third-order valence-corrected chi connectivity index (χ3v) is 2.49. The molecule has 92 valence electrons. The van der Waals surface area contributed by atoms with Crippen LogP contribution in [-0.2, 0) is 11.3 Å². The fourth-order valence-corrected chi connectivity index (χ4v) is 1.72. The van der Waals surface area contributed by atoms with Gasteiger partial charge < -0.3 is 9.94 Å². The van der Waals surface area contributed by atoms with Crippen LogP contribution in [-0.4, -0.2) is 24.5 Å². The Kier molecular flexibility index (Phi) is 5.43. The Balaban J connectivity index is 3.03. The molecule has 0 fully saturated rings. The number of rotatable bonds is 5. The molecule has 0 saturated heterocycles. The molecule has 1 N–H and O–H groups in total. The fourth-order valence-electron chi connectivity index (χ4n) is 1.72. The first-order valence-corrected chi connectivity index (χ1v) is 5.62. The van der Waals surface area contributed by atoms with Crippen molar-refractivity contribution in [2.75, 3.05) is 13.7 Å². The summed E-state index contributed by atoms with van der Waals surface area (Å²) >= 11 is 0. The number of aliphatic hydroxyl groups is 1. The van der Waals surface area contributed by atoms with E-state index in [1.165, 1.54) is 11.1 Å². The van der Waals surface area contributed by atoms with Crippen molar-refractivity contribution in [1.82, 2.24) is 0 Å². The Morgan fingerprint density at radius 3 is 2.82 bits per heavy atom. The van der Waals surface area contributed by atoms with E-state index in [2.05, 4.69) is 30.3 Å². The molecule has 0 saturated carbocycles. The second-order valence-electron chi connectivity index (χ2n) is 3.88. The van der Waals surface area contributed by atoms with E-state index < -0.39 is 0 Å². The number of aliphatic hydroxyl groups excluding tert-OH is 1. The molecule has 1 aromatic rings. The summed E-state index contributed by atoms with van der Waals surface area (Å²) in [6.45, 7) is 4.06. The van der Waals surface area contributed by atoms with Crippen molar-refractivity contribution in [2.24, 2.45) is 5.16 Å². The predicted molar refractivity (Wildman–Crippen MR) is 70.3 cm³/mol. The molecule has 0 aliphatic carbocycles. The number of aryl methyl sites for hydroxylation is 1. The average molecular weight is 233 g/mol. The predicted octanol–water partition coefficient (Wildman–Crippen LogP) is 2.46. The SMILES string of the molecule is CO/N=C(\C)c1ccc(C)cc1C/C=C/CO. The van der Waals surface area contributed by atoms with Gasteiger partial charge in [-0.05, 0) is 25.8 Å². The van der Waals surface area contributed by atoms with Gasteiger partial charge in [0.05, 0.1) is 12.3 Å². The zero-order chi connectivity index (χ0) is 12.7. The number of nitrogens with zero attached hydrogens (tertiary/aromatic N) is 1. The highest BCUT2D eigenvalue weighted by atomic mass is 16.6. The lowest BCUT2D eigenvalue weighted by Crippen LogP contribution is -2.01. The molecule has 1 rings (SSSR count). The lowest BCUT2D eigenvalue weighted by atomic mass is 9.98. The van der Waals surface area contributed by atoms with Crippen LogP contribution in [0.2, 0.25) is 0 Å². The van der Waals surface area contributed by atoms with Crippen LogP contribution in [0.15, 0.2) is 35.5 Å². The van der Waals surface area contributed by atoms with Crippen LogP contribution < -0.4 is 0 Å². The highest BCUT2D eigenvalue weighted by Crippen LogP contribution is 2.14. The van der Waals surface area contributed by atoms with E-state index >= 15 is 0 Å². The van der Waals surface area contributed by atoms with Crippen LogP contribution in [0, 0.1) is 6.92 Å². The van der Waals surface area contributed by atoms with Gasteiger partial charge in [-0.3, -0.25) is 0 Å². The highest BCUT2D eigenvalue weighted by Gasteiger charge is 2.05. The van der Waals surface area contributed by atoms with Gasteiger partial charge in [0.25, 0.3) is 0 Å². The molecule has 17 heavy (non-hydrogen) atoms. The molecule has 0 aliphatic heterocycles. The van der Waals surface area contributed by atoms with Gasteiger partial charge in [0.1, 0.15) is 7.11 Å². The molecule has 0 aliphatic rings.